The molecule has 6 nitrogen and oxygen atoms in total. The molecule has 2 rings (SSSR count). The van der Waals surface area contributed by atoms with E-state index in [-0.39, 0.29) is 23.9 Å². The van der Waals surface area contributed by atoms with Gasteiger partial charge in [0.1, 0.15) is 0 Å². The van der Waals surface area contributed by atoms with Gasteiger partial charge < -0.3 is 16.0 Å². The van der Waals surface area contributed by atoms with Crippen molar-refractivity contribution in [2.24, 2.45) is 0 Å². The summed E-state index contributed by atoms with van der Waals surface area (Å²) >= 11 is 0. The maximum absolute atomic E-state index is 12.0. The second kappa shape index (κ2) is 7.59. The van der Waals surface area contributed by atoms with Crippen LogP contribution >= 0.6 is 0 Å². The monoisotopic (exact) mass is 282 g/mol. The molecule has 2 aliphatic rings. The third-order valence-electron chi connectivity index (χ3n) is 4.08. The van der Waals surface area contributed by atoms with Crippen LogP contribution in [0.2, 0.25) is 0 Å². The SMILES string of the molecule is CC(=O)NC1CCC(NC(=O)CN2CCNCC2)CC1. The third-order valence-corrected chi connectivity index (χ3v) is 4.08. The Bertz CT molecular complexity index is 334. The fourth-order valence-corrected chi connectivity index (χ4v) is 3.02. The van der Waals surface area contributed by atoms with Crippen molar-refractivity contribution in [2.45, 2.75) is 44.7 Å². The normalized spacial score (nSPS) is 27.9. The highest BCUT2D eigenvalue weighted by Crippen LogP contribution is 2.18. The van der Waals surface area contributed by atoms with E-state index in [0.717, 1.165) is 51.9 Å². The predicted octanol–water partition coefficient (Wildman–Crippen LogP) is -0.545. The highest BCUT2D eigenvalue weighted by atomic mass is 16.2. The zero-order chi connectivity index (χ0) is 14.4. The minimum absolute atomic E-state index is 0.0381. The van der Waals surface area contributed by atoms with Crippen LogP contribution in [0.15, 0.2) is 0 Å². The van der Waals surface area contributed by atoms with E-state index in [9.17, 15) is 9.59 Å². The summed E-state index contributed by atoms with van der Waals surface area (Å²) in [6.45, 7) is 5.89. The highest BCUT2D eigenvalue weighted by Gasteiger charge is 2.23. The van der Waals surface area contributed by atoms with E-state index in [0.29, 0.717) is 6.54 Å². The lowest BCUT2D eigenvalue weighted by atomic mass is 9.91. The first-order valence-electron chi connectivity index (χ1n) is 7.63. The van der Waals surface area contributed by atoms with Gasteiger partial charge >= 0.3 is 0 Å². The maximum Gasteiger partial charge on any atom is 0.234 e. The number of nitrogens with one attached hydrogen (secondary N) is 3. The van der Waals surface area contributed by atoms with Crippen molar-refractivity contribution in [3.8, 4) is 0 Å². The van der Waals surface area contributed by atoms with Crippen molar-refractivity contribution >= 4 is 11.8 Å². The van der Waals surface area contributed by atoms with E-state index < -0.39 is 0 Å². The van der Waals surface area contributed by atoms with Crippen molar-refractivity contribution in [2.75, 3.05) is 32.7 Å². The van der Waals surface area contributed by atoms with Gasteiger partial charge in [0, 0.05) is 45.2 Å². The standard InChI is InChI=1S/C14H26N4O2/c1-11(19)16-12-2-4-13(5-3-12)17-14(20)10-18-8-6-15-7-9-18/h12-13,15H,2-10H2,1H3,(H,16,19)(H,17,20). The summed E-state index contributed by atoms with van der Waals surface area (Å²) in [5.74, 6) is 0.172. The predicted molar refractivity (Wildman–Crippen MR) is 77.3 cm³/mol. The van der Waals surface area contributed by atoms with Gasteiger partial charge in [-0.15, -0.1) is 0 Å². The Labute approximate surface area is 120 Å². The quantitative estimate of drug-likeness (QED) is 0.647. The molecule has 20 heavy (non-hydrogen) atoms. The van der Waals surface area contributed by atoms with Crippen molar-refractivity contribution < 1.29 is 9.59 Å². The van der Waals surface area contributed by atoms with Gasteiger partial charge in [-0.25, -0.2) is 0 Å². The third kappa shape index (κ3) is 5.09. The van der Waals surface area contributed by atoms with Gasteiger partial charge in [-0.3, -0.25) is 14.5 Å². The van der Waals surface area contributed by atoms with Crippen LogP contribution in [0.25, 0.3) is 0 Å². The number of hydrogen-bond acceptors (Lipinski definition) is 4. The summed E-state index contributed by atoms with van der Waals surface area (Å²) in [7, 11) is 0. The van der Waals surface area contributed by atoms with Crippen molar-refractivity contribution in [1.29, 1.82) is 0 Å². The Morgan fingerprint density at radius 2 is 1.60 bits per heavy atom. The second-order valence-electron chi connectivity index (χ2n) is 5.84. The molecule has 1 aliphatic heterocycles. The molecule has 2 fully saturated rings. The van der Waals surface area contributed by atoms with Gasteiger partial charge in [-0.05, 0) is 25.7 Å². The molecule has 114 valence electrons. The van der Waals surface area contributed by atoms with Crippen molar-refractivity contribution in [3.05, 3.63) is 0 Å². The molecule has 0 aromatic rings. The zero-order valence-corrected chi connectivity index (χ0v) is 12.3. The van der Waals surface area contributed by atoms with Crippen LogP contribution in [-0.2, 0) is 9.59 Å². The summed E-state index contributed by atoms with van der Waals surface area (Å²) in [4.78, 5) is 25.2. The Hall–Kier alpha value is -1.14. The molecule has 1 aliphatic carbocycles. The van der Waals surface area contributed by atoms with Gasteiger partial charge in [0.15, 0.2) is 0 Å². The smallest absolute Gasteiger partial charge is 0.234 e. The molecule has 6 heteroatoms. The Morgan fingerprint density at radius 1 is 1.05 bits per heavy atom. The molecule has 1 saturated heterocycles. The second-order valence-corrected chi connectivity index (χ2v) is 5.84. The highest BCUT2D eigenvalue weighted by molar-refractivity contribution is 5.78. The minimum atomic E-state index is 0.0381. The molecular weight excluding hydrogens is 256 g/mol. The van der Waals surface area contributed by atoms with Crippen LogP contribution in [0.1, 0.15) is 32.6 Å². The summed E-state index contributed by atoms with van der Waals surface area (Å²) in [6, 6.07) is 0.559. The number of amides is 2. The molecule has 0 atom stereocenters. The first-order chi connectivity index (χ1) is 9.63. The summed E-state index contributed by atoms with van der Waals surface area (Å²) in [5.41, 5.74) is 0. The average Bonchev–Trinajstić information content (AvgIpc) is 2.41. The number of hydrogen-bond donors (Lipinski definition) is 3. The van der Waals surface area contributed by atoms with E-state index in [4.69, 9.17) is 0 Å². The van der Waals surface area contributed by atoms with Crippen LogP contribution in [0.4, 0.5) is 0 Å². The number of rotatable bonds is 4. The van der Waals surface area contributed by atoms with E-state index in [2.05, 4.69) is 20.9 Å². The van der Waals surface area contributed by atoms with E-state index in [1.165, 1.54) is 0 Å². The molecule has 2 amide bonds. The zero-order valence-electron chi connectivity index (χ0n) is 12.3. The summed E-state index contributed by atoms with van der Waals surface area (Å²) in [5, 5.41) is 9.36. The minimum Gasteiger partial charge on any atom is -0.354 e. The molecule has 0 aromatic carbocycles. The molecule has 0 bridgehead atoms. The number of nitrogens with zero attached hydrogens (tertiary/aromatic N) is 1. The Kier molecular flexibility index (Phi) is 5.79. The van der Waals surface area contributed by atoms with E-state index >= 15 is 0 Å². The van der Waals surface area contributed by atoms with Gasteiger partial charge in [0.25, 0.3) is 0 Å². The van der Waals surface area contributed by atoms with Crippen LogP contribution in [0.3, 0.4) is 0 Å². The van der Waals surface area contributed by atoms with Crippen LogP contribution < -0.4 is 16.0 Å². The van der Waals surface area contributed by atoms with Gasteiger partial charge in [-0.1, -0.05) is 0 Å². The van der Waals surface area contributed by atoms with Gasteiger partial charge in [0.2, 0.25) is 11.8 Å². The molecular formula is C14H26N4O2. The van der Waals surface area contributed by atoms with Gasteiger partial charge in [-0.2, -0.15) is 0 Å². The maximum atomic E-state index is 12.0. The fraction of sp³-hybridized carbons (Fsp3) is 0.857. The fourth-order valence-electron chi connectivity index (χ4n) is 3.02. The first kappa shape index (κ1) is 15.3. The topological polar surface area (TPSA) is 73.5 Å². The Morgan fingerprint density at radius 3 is 2.15 bits per heavy atom. The van der Waals surface area contributed by atoms with Crippen molar-refractivity contribution in [1.82, 2.24) is 20.9 Å². The number of piperazine rings is 1. The summed E-state index contributed by atoms with van der Waals surface area (Å²) in [6.07, 6.45) is 3.83. The lowest BCUT2D eigenvalue weighted by Crippen LogP contribution is -2.50. The van der Waals surface area contributed by atoms with Crippen LogP contribution in [0, 0.1) is 0 Å². The summed E-state index contributed by atoms with van der Waals surface area (Å²) < 4.78 is 0. The first-order valence-corrected chi connectivity index (χ1v) is 7.63. The molecule has 0 radical (unpaired) electrons. The van der Waals surface area contributed by atoms with Crippen LogP contribution in [0.5, 0.6) is 0 Å². The molecule has 1 heterocycles. The lowest BCUT2D eigenvalue weighted by molar-refractivity contribution is -0.124. The molecule has 0 aromatic heterocycles. The molecule has 3 N–H and O–H groups in total. The molecule has 0 unspecified atom stereocenters. The van der Waals surface area contributed by atoms with Crippen molar-refractivity contribution in [3.63, 3.8) is 0 Å². The molecule has 1 saturated carbocycles. The van der Waals surface area contributed by atoms with E-state index in [1.54, 1.807) is 6.92 Å². The molecule has 0 spiro atoms. The van der Waals surface area contributed by atoms with E-state index in [1.807, 2.05) is 0 Å². The number of carbonyl (C=O) groups is 2. The van der Waals surface area contributed by atoms with Gasteiger partial charge in [0.05, 0.1) is 6.54 Å². The Balaban J connectivity index is 1.64. The lowest BCUT2D eigenvalue weighted by Gasteiger charge is -2.31. The largest absolute Gasteiger partial charge is 0.354 e. The average molecular weight is 282 g/mol. The number of carbonyl (C=O) groups excluding carboxylic acids is 2. The van der Waals surface area contributed by atoms with Crippen LogP contribution in [-0.4, -0.2) is 61.5 Å².